The van der Waals surface area contributed by atoms with Crippen LogP contribution in [0.15, 0.2) is 30.3 Å². The molecule has 1 aromatic carbocycles. The Morgan fingerprint density at radius 2 is 2.10 bits per heavy atom. The lowest BCUT2D eigenvalue weighted by molar-refractivity contribution is 0.0615. The van der Waals surface area contributed by atoms with E-state index in [1.807, 2.05) is 42.3 Å². The molecule has 1 fully saturated rings. The first kappa shape index (κ1) is 14.1. The highest BCUT2D eigenvalue weighted by molar-refractivity contribution is 5.98. The van der Waals surface area contributed by atoms with E-state index in [1.165, 1.54) is 12.8 Å². The molecule has 0 saturated heterocycles. The highest BCUT2D eigenvalue weighted by Gasteiger charge is 2.30. The quantitative estimate of drug-likeness (QED) is 0.911. The zero-order valence-corrected chi connectivity index (χ0v) is 12.5. The van der Waals surface area contributed by atoms with Crippen molar-refractivity contribution in [2.75, 3.05) is 13.6 Å². The molecule has 4 nitrogen and oxygen atoms in total. The minimum atomic E-state index is 0.0662. The molecule has 4 heteroatoms. The molecule has 2 atom stereocenters. The zero-order valence-electron chi connectivity index (χ0n) is 12.5. The van der Waals surface area contributed by atoms with E-state index in [1.54, 1.807) is 0 Å². The van der Waals surface area contributed by atoms with Gasteiger partial charge in [0.05, 0.1) is 0 Å². The standard InChI is InChI=1S/C17H23N3O/c1-20(16-9-5-3-7-13(16)11-18)17(21)15-10-12-6-2-4-8-14(12)19-15/h2,4,6,8,10,13,16,19H,3,5,7,9,11,18H2,1H3. The summed E-state index contributed by atoms with van der Waals surface area (Å²) in [4.78, 5) is 17.8. The maximum atomic E-state index is 12.7. The Morgan fingerprint density at radius 1 is 1.33 bits per heavy atom. The van der Waals surface area contributed by atoms with Crippen LogP contribution in [0.2, 0.25) is 0 Å². The van der Waals surface area contributed by atoms with Gasteiger partial charge in [-0.1, -0.05) is 31.0 Å². The fourth-order valence-electron chi connectivity index (χ4n) is 3.50. The number of nitrogens with two attached hydrogens (primary N) is 1. The number of fused-ring (bicyclic) bond motifs is 1. The summed E-state index contributed by atoms with van der Waals surface area (Å²) < 4.78 is 0. The van der Waals surface area contributed by atoms with Crippen molar-refractivity contribution >= 4 is 16.8 Å². The van der Waals surface area contributed by atoms with Crippen LogP contribution >= 0.6 is 0 Å². The molecule has 1 saturated carbocycles. The molecule has 0 aliphatic heterocycles. The number of amides is 1. The molecular formula is C17H23N3O. The van der Waals surface area contributed by atoms with Crippen LogP contribution in [0.1, 0.15) is 36.2 Å². The van der Waals surface area contributed by atoms with Gasteiger partial charge in [0.15, 0.2) is 0 Å². The third kappa shape index (κ3) is 2.68. The summed E-state index contributed by atoms with van der Waals surface area (Å²) in [5, 5.41) is 1.08. The van der Waals surface area contributed by atoms with Crippen molar-refractivity contribution in [3.05, 3.63) is 36.0 Å². The molecule has 112 valence electrons. The first-order valence-corrected chi connectivity index (χ1v) is 7.75. The molecule has 1 aliphatic rings. The summed E-state index contributed by atoms with van der Waals surface area (Å²) in [6.07, 6.45) is 4.61. The maximum Gasteiger partial charge on any atom is 0.270 e. The number of benzene rings is 1. The van der Waals surface area contributed by atoms with Crippen LogP contribution in [0.3, 0.4) is 0 Å². The molecular weight excluding hydrogens is 262 g/mol. The van der Waals surface area contributed by atoms with Gasteiger partial charge >= 0.3 is 0 Å². The van der Waals surface area contributed by atoms with Crippen LogP contribution in [0, 0.1) is 5.92 Å². The summed E-state index contributed by atoms with van der Waals surface area (Å²) in [7, 11) is 1.91. The Bertz CT molecular complexity index is 601. The summed E-state index contributed by atoms with van der Waals surface area (Å²) in [5.41, 5.74) is 7.56. The number of rotatable bonds is 3. The molecule has 1 amide bonds. The summed E-state index contributed by atoms with van der Waals surface area (Å²) in [6.45, 7) is 0.662. The minimum Gasteiger partial charge on any atom is -0.351 e. The number of carbonyl (C=O) groups excluding carboxylic acids is 1. The third-order valence-electron chi connectivity index (χ3n) is 4.75. The molecule has 0 radical (unpaired) electrons. The van der Waals surface area contributed by atoms with Gasteiger partial charge in [0.25, 0.3) is 5.91 Å². The maximum absolute atomic E-state index is 12.7. The van der Waals surface area contributed by atoms with Gasteiger partial charge in [-0.15, -0.1) is 0 Å². The number of para-hydroxylation sites is 1. The number of hydrogen-bond acceptors (Lipinski definition) is 2. The first-order valence-electron chi connectivity index (χ1n) is 7.75. The number of aromatic nitrogens is 1. The number of nitrogens with one attached hydrogen (secondary N) is 1. The van der Waals surface area contributed by atoms with E-state index < -0.39 is 0 Å². The molecule has 1 aliphatic carbocycles. The Balaban J connectivity index is 1.83. The second-order valence-corrected chi connectivity index (χ2v) is 6.03. The second-order valence-electron chi connectivity index (χ2n) is 6.03. The minimum absolute atomic E-state index is 0.0662. The van der Waals surface area contributed by atoms with Crippen LogP contribution in [0.5, 0.6) is 0 Å². The lowest BCUT2D eigenvalue weighted by Gasteiger charge is -2.37. The van der Waals surface area contributed by atoms with E-state index in [2.05, 4.69) is 4.98 Å². The highest BCUT2D eigenvalue weighted by atomic mass is 16.2. The van der Waals surface area contributed by atoms with Gasteiger partial charge in [0, 0.05) is 24.0 Å². The van der Waals surface area contributed by atoms with Gasteiger partial charge in [0.2, 0.25) is 0 Å². The topological polar surface area (TPSA) is 62.1 Å². The van der Waals surface area contributed by atoms with E-state index in [9.17, 15) is 4.79 Å². The number of hydrogen-bond donors (Lipinski definition) is 2. The van der Waals surface area contributed by atoms with Crippen molar-refractivity contribution in [3.8, 4) is 0 Å². The van der Waals surface area contributed by atoms with Gasteiger partial charge < -0.3 is 15.6 Å². The van der Waals surface area contributed by atoms with Gasteiger partial charge in [0.1, 0.15) is 5.69 Å². The monoisotopic (exact) mass is 285 g/mol. The normalized spacial score (nSPS) is 22.4. The Hall–Kier alpha value is -1.81. The van der Waals surface area contributed by atoms with Crippen molar-refractivity contribution in [3.63, 3.8) is 0 Å². The van der Waals surface area contributed by atoms with Crippen LogP contribution in [0.4, 0.5) is 0 Å². The van der Waals surface area contributed by atoms with Crippen molar-refractivity contribution in [2.45, 2.75) is 31.7 Å². The third-order valence-corrected chi connectivity index (χ3v) is 4.75. The van der Waals surface area contributed by atoms with Gasteiger partial charge in [-0.2, -0.15) is 0 Å². The van der Waals surface area contributed by atoms with E-state index in [4.69, 9.17) is 5.73 Å². The molecule has 3 N–H and O–H groups in total. The number of nitrogens with zero attached hydrogens (tertiary/aromatic N) is 1. The van der Waals surface area contributed by atoms with E-state index in [0.717, 1.165) is 23.7 Å². The summed E-state index contributed by atoms with van der Waals surface area (Å²) in [5.74, 6) is 0.494. The Kier molecular flexibility index (Phi) is 3.97. The average molecular weight is 285 g/mol. The SMILES string of the molecule is CN(C(=O)c1cc2ccccc2[nH]1)C1CCCCC1CN. The molecule has 21 heavy (non-hydrogen) atoms. The molecule has 0 bridgehead atoms. The average Bonchev–Trinajstić information content (AvgIpc) is 2.97. The lowest BCUT2D eigenvalue weighted by atomic mass is 9.83. The number of H-pyrrole nitrogens is 1. The van der Waals surface area contributed by atoms with Gasteiger partial charge in [-0.05, 0) is 37.4 Å². The fourth-order valence-corrected chi connectivity index (χ4v) is 3.50. The summed E-state index contributed by atoms with van der Waals surface area (Å²) in [6, 6.07) is 10.2. The van der Waals surface area contributed by atoms with Crippen molar-refractivity contribution in [2.24, 2.45) is 11.7 Å². The number of aromatic amines is 1. The highest BCUT2D eigenvalue weighted by Crippen LogP contribution is 2.28. The molecule has 3 rings (SSSR count). The van der Waals surface area contributed by atoms with E-state index in [-0.39, 0.29) is 11.9 Å². The molecule has 0 spiro atoms. The predicted molar refractivity (Wildman–Crippen MR) is 85.2 cm³/mol. The van der Waals surface area contributed by atoms with Gasteiger partial charge in [-0.3, -0.25) is 4.79 Å². The largest absolute Gasteiger partial charge is 0.351 e. The van der Waals surface area contributed by atoms with Gasteiger partial charge in [-0.25, -0.2) is 0 Å². The van der Waals surface area contributed by atoms with Crippen molar-refractivity contribution in [1.82, 2.24) is 9.88 Å². The first-order chi connectivity index (χ1) is 10.2. The van der Waals surface area contributed by atoms with Crippen LogP contribution in [-0.2, 0) is 0 Å². The van der Waals surface area contributed by atoms with Crippen molar-refractivity contribution < 1.29 is 4.79 Å². The smallest absolute Gasteiger partial charge is 0.270 e. The van der Waals surface area contributed by atoms with E-state index in [0.29, 0.717) is 18.2 Å². The molecule has 1 aromatic heterocycles. The Morgan fingerprint density at radius 3 is 2.86 bits per heavy atom. The zero-order chi connectivity index (χ0) is 14.8. The van der Waals surface area contributed by atoms with Crippen LogP contribution < -0.4 is 5.73 Å². The van der Waals surface area contributed by atoms with Crippen LogP contribution in [0.25, 0.3) is 10.9 Å². The molecule has 1 heterocycles. The number of carbonyl (C=O) groups is 1. The Labute approximate surface area is 125 Å². The molecule has 2 aromatic rings. The second kappa shape index (κ2) is 5.90. The fraction of sp³-hybridized carbons (Fsp3) is 0.471. The molecule has 2 unspecified atom stereocenters. The lowest BCUT2D eigenvalue weighted by Crippen LogP contribution is -2.46. The predicted octanol–water partition coefficient (Wildman–Crippen LogP) is 2.76. The van der Waals surface area contributed by atoms with Crippen molar-refractivity contribution in [1.29, 1.82) is 0 Å². The van der Waals surface area contributed by atoms with Crippen LogP contribution in [-0.4, -0.2) is 35.4 Å². The summed E-state index contributed by atoms with van der Waals surface area (Å²) >= 11 is 0. The van der Waals surface area contributed by atoms with E-state index >= 15 is 0 Å².